The van der Waals surface area contributed by atoms with E-state index in [9.17, 15) is 13.2 Å². The summed E-state index contributed by atoms with van der Waals surface area (Å²) >= 11 is 0. The summed E-state index contributed by atoms with van der Waals surface area (Å²) in [5.41, 5.74) is 6.85. The standard InChI is InChI=1S/C34H39FO6S/c1-5-39-34(36)29-20-28(29)23-8-10-24(11-9-23)41-31-15-13-27-26(12-14-30(35)33(27)31)32-21(2)18-25(19-22(32)3)40-16-6-7-17-42(4,37)38/h8-12,14,18-19,28-29,31H,5-7,13,15-17,20H2,1-4H3/t28-,29+,31-/m1/s1. The van der Waals surface area contributed by atoms with E-state index in [1.165, 1.54) is 12.3 Å². The van der Waals surface area contributed by atoms with Gasteiger partial charge in [-0.3, -0.25) is 4.79 Å². The van der Waals surface area contributed by atoms with Crippen LogP contribution in [0, 0.1) is 25.6 Å². The number of aryl methyl sites for hydroxylation is 2. The fourth-order valence-corrected chi connectivity index (χ4v) is 6.87. The topological polar surface area (TPSA) is 78.9 Å². The molecule has 0 unspecified atom stereocenters. The number of carbonyl (C=O) groups excluding carboxylic acids is 1. The molecular formula is C34H39FO6S. The highest BCUT2D eigenvalue weighted by Gasteiger charge is 2.45. The Bertz CT molecular complexity index is 1540. The highest BCUT2D eigenvalue weighted by atomic mass is 32.2. The second-order valence-corrected chi connectivity index (χ2v) is 13.8. The van der Waals surface area contributed by atoms with E-state index >= 15 is 4.39 Å². The lowest BCUT2D eigenvalue weighted by atomic mass is 9.90. The molecule has 0 aromatic heterocycles. The summed E-state index contributed by atoms with van der Waals surface area (Å²) in [5.74, 6) is 1.32. The second-order valence-electron chi connectivity index (χ2n) is 11.5. The third kappa shape index (κ3) is 6.80. The van der Waals surface area contributed by atoms with Gasteiger partial charge in [-0.25, -0.2) is 12.8 Å². The largest absolute Gasteiger partial charge is 0.494 e. The number of halogens is 1. The molecule has 3 atom stereocenters. The molecule has 0 bridgehead atoms. The van der Waals surface area contributed by atoms with Crippen molar-refractivity contribution in [2.45, 2.75) is 64.9 Å². The molecule has 1 saturated carbocycles. The van der Waals surface area contributed by atoms with Crippen LogP contribution in [0.5, 0.6) is 11.5 Å². The van der Waals surface area contributed by atoms with Gasteiger partial charge in [-0.05, 0) is 123 Å². The van der Waals surface area contributed by atoms with Gasteiger partial charge in [0.2, 0.25) is 0 Å². The molecule has 1 fully saturated rings. The van der Waals surface area contributed by atoms with E-state index in [1.807, 2.05) is 63.2 Å². The molecule has 0 radical (unpaired) electrons. The summed E-state index contributed by atoms with van der Waals surface area (Å²) in [6.07, 6.45) is 4.31. The molecule has 0 aliphatic heterocycles. The normalized spacial score (nSPS) is 19.3. The molecule has 2 aliphatic carbocycles. The Labute approximate surface area is 248 Å². The van der Waals surface area contributed by atoms with Crippen LogP contribution >= 0.6 is 0 Å². The van der Waals surface area contributed by atoms with Crippen LogP contribution in [0.1, 0.15) is 72.4 Å². The van der Waals surface area contributed by atoms with Gasteiger partial charge in [0.15, 0.2) is 0 Å². The molecule has 0 spiro atoms. The van der Waals surface area contributed by atoms with Gasteiger partial charge in [0.1, 0.15) is 33.3 Å². The van der Waals surface area contributed by atoms with E-state index in [4.69, 9.17) is 14.2 Å². The number of ether oxygens (including phenoxy) is 3. The van der Waals surface area contributed by atoms with Gasteiger partial charge in [0.05, 0.1) is 24.9 Å². The molecule has 0 N–H and O–H groups in total. The van der Waals surface area contributed by atoms with Crippen LogP contribution in [-0.4, -0.2) is 39.6 Å². The van der Waals surface area contributed by atoms with Crippen LogP contribution in [-0.2, 0) is 25.8 Å². The minimum absolute atomic E-state index is 0.0644. The molecule has 42 heavy (non-hydrogen) atoms. The Balaban J connectivity index is 1.28. The number of rotatable bonds is 12. The van der Waals surface area contributed by atoms with Crippen molar-refractivity contribution in [3.63, 3.8) is 0 Å². The van der Waals surface area contributed by atoms with Gasteiger partial charge in [0.25, 0.3) is 0 Å². The monoisotopic (exact) mass is 594 g/mol. The SMILES string of the molecule is CCOC(=O)[C@H]1C[C@@H]1c1ccc(O[C@@H]2CCc3c(-c4c(C)cc(OCCCCS(C)(=O)=O)cc4C)ccc(F)c32)cc1. The maximum atomic E-state index is 15.3. The summed E-state index contributed by atoms with van der Waals surface area (Å²) in [7, 11) is -2.96. The summed E-state index contributed by atoms with van der Waals surface area (Å²) in [4.78, 5) is 12.0. The molecule has 5 rings (SSSR count). The zero-order valence-corrected chi connectivity index (χ0v) is 25.6. The minimum Gasteiger partial charge on any atom is -0.494 e. The third-order valence-corrected chi connectivity index (χ3v) is 9.23. The van der Waals surface area contributed by atoms with Crippen molar-refractivity contribution in [1.82, 2.24) is 0 Å². The number of benzene rings is 3. The second kappa shape index (κ2) is 12.5. The molecule has 0 saturated heterocycles. The van der Waals surface area contributed by atoms with Gasteiger partial charge in [-0.1, -0.05) is 18.2 Å². The van der Waals surface area contributed by atoms with Crippen LogP contribution in [0.2, 0.25) is 0 Å². The van der Waals surface area contributed by atoms with E-state index in [-0.39, 0.29) is 35.5 Å². The Morgan fingerprint density at radius 1 is 1.00 bits per heavy atom. The fraction of sp³-hybridized carbons (Fsp3) is 0.441. The lowest BCUT2D eigenvalue weighted by Gasteiger charge is -2.19. The lowest BCUT2D eigenvalue weighted by molar-refractivity contribution is -0.144. The minimum atomic E-state index is -2.96. The van der Waals surface area contributed by atoms with Crippen molar-refractivity contribution < 1.29 is 31.8 Å². The third-order valence-electron chi connectivity index (χ3n) is 8.20. The average Bonchev–Trinajstić information content (AvgIpc) is 3.62. The average molecular weight is 595 g/mol. The number of carbonyl (C=O) groups is 1. The summed E-state index contributed by atoms with van der Waals surface area (Å²) in [6.45, 7) is 6.73. The van der Waals surface area contributed by atoms with Gasteiger partial charge in [-0.15, -0.1) is 0 Å². The highest BCUT2D eigenvalue weighted by molar-refractivity contribution is 7.90. The van der Waals surface area contributed by atoms with Crippen molar-refractivity contribution in [3.8, 4) is 22.6 Å². The Morgan fingerprint density at radius 2 is 1.71 bits per heavy atom. The van der Waals surface area contributed by atoms with Gasteiger partial charge < -0.3 is 14.2 Å². The highest BCUT2D eigenvalue weighted by Crippen LogP contribution is 2.49. The number of hydrogen-bond acceptors (Lipinski definition) is 6. The van der Waals surface area contributed by atoms with E-state index < -0.39 is 9.84 Å². The predicted octanol–water partition coefficient (Wildman–Crippen LogP) is 7.05. The first kappa shape index (κ1) is 30.1. The maximum absolute atomic E-state index is 15.3. The van der Waals surface area contributed by atoms with Crippen molar-refractivity contribution in [3.05, 3.63) is 82.2 Å². The van der Waals surface area contributed by atoms with Gasteiger partial charge in [0, 0.05) is 11.8 Å². The van der Waals surface area contributed by atoms with Gasteiger partial charge >= 0.3 is 5.97 Å². The number of sulfone groups is 1. The Hall–Kier alpha value is -3.39. The first-order chi connectivity index (χ1) is 20.1. The summed E-state index contributed by atoms with van der Waals surface area (Å²) in [5, 5.41) is 0. The van der Waals surface area contributed by atoms with E-state index in [0.717, 1.165) is 45.6 Å². The molecule has 3 aromatic carbocycles. The first-order valence-corrected chi connectivity index (χ1v) is 16.8. The molecule has 224 valence electrons. The van der Waals surface area contributed by atoms with Crippen LogP contribution in [0.4, 0.5) is 4.39 Å². The number of esters is 1. The molecule has 0 heterocycles. The number of unbranched alkanes of at least 4 members (excludes halogenated alkanes) is 1. The van der Waals surface area contributed by atoms with Crippen molar-refractivity contribution in [2.24, 2.45) is 5.92 Å². The number of hydrogen-bond donors (Lipinski definition) is 0. The van der Waals surface area contributed by atoms with Crippen molar-refractivity contribution in [2.75, 3.05) is 25.2 Å². The van der Waals surface area contributed by atoms with E-state index in [1.54, 1.807) is 0 Å². The Morgan fingerprint density at radius 3 is 2.38 bits per heavy atom. The van der Waals surface area contributed by atoms with Crippen molar-refractivity contribution >= 4 is 15.8 Å². The first-order valence-electron chi connectivity index (χ1n) is 14.7. The molecule has 3 aromatic rings. The summed E-state index contributed by atoms with van der Waals surface area (Å²) in [6, 6.07) is 15.2. The van der Waals surface area contributed by atoms with Gasteiger partial charge in [-0.2, -0.15) is 0 Å². The zero-order chi connectivity index (χ0) is 30.0. The van der Waals surface area contributed by atoms with Crippen LogP contribution in [0.25, 0.3) is 11.1 Å². The maximum Gasteiger partial charge on any atom is 0.309 e. The quantitative estimate of drug-likeness (QED) is 0.165. The zero-order valence-electron chi connectivity index (χ0n) is 24.7. The summed E-state index contributed by atoms with van der Waals surface area (Å²) < 4.78 is 55.3. The molecular weight excluding hydrogens is 555 g/mol. The van der Waals surface area contributed by atoms with Crippen LogP contribution in [0.15, 0.2) is 48.5 Å². The Kier molecular flexibility index (Phi) is 8.92. The van der Waals surface area contributed by atoms with Crippen LogP contribution < -0.4 is 9.47 Å². The molecule has 8 heteroatoms. The lowest BCUT2D eigenvalue weighted by Crippen LogP contribution is -2.07. The molecule has 6 nitrogen and oxygen atoms in total. The van der Waals surface area contributed by atoms with E-state index in [2.05, 4.69) is 0 Å². The van der Waals surface area contributed by atoms with E-state index in [0.29, 0.717) is 50.2 Å². The fourth-order valence-electron chi connectivity index (χ4n) is 6.14. The smallest absolute Gasteiger partial charge is 0.309 e. The van der Waals surface area contributed by atoms with Crippen LogP contribution in [0.3, 0.4) is 0 Å². The predicted molar refractivity (Wildman–Crippen MR) is 161 cm³/mol. The molecule has 2 aliphatic rings. The molecule has 0 amide bonds. The number of fused-ring (bicyclic) bond motifs is 1. The van der Waals surface area contributed by atoms with Crippen molar-refractivity contribution in [1.29, 1.82) is 0 Å².